The van der Waals surface area contributed by atoms with Crippen molar-refractivity contribution in [3.8, 4) is 11.6 Å². The number of carbonyl (C=O) groups excluding carboxylic acids is 4. The molecule has 308 valence electrons. The predicted molar refractivity (Wildman–Crippen MR) is 204 cm³/mol. The smallest absolute Gasteiger partial charge is 0.362 e. The Morgan fingerprint density at radius 3 is 2.39 bits per heavy atom. The first-order valence-electron chi connectivity index (χ1n) is 19.3. The number of nitrogens with zero attached hydrogens (tertiary/aromatic N) is 2. The Bertz CT molecular complexity index is 2080. The van der Waals surface area contributed by atoms with Gasteiger partial charge in [-0.05, 0) is 101 Å². The zero-order valence-electron chi connectivity index (χ0n) is 32.9. The molecule has 1 aromatic carbocycles. The highest BCUT2D eigenvalue weighted by molar-refractivity contribution is 7.91. The van der Waals surface area contributed by atoms with E-state index in [1.807, 2.05) is 13.0 Å². The number of ketones is 1. The second-order valence-corrected chi connectivity index (χ2v) is 20.7. The van der Waals surface area contributed by atoms with Gasteiger partial charge < -0.3 is 19.1 Å². The third-order valence-corrected chi connectivity index (χ3v) is 14.3. The molecule has 17 heteroatoms. The number of nitrogens with one attached hydrogen (secondary N) is 1. The van der Waals surface area contributed by atoms with Crippen LogP contribution >= 0.6 is 0 Å². The van der Waals surface area contributed by atoms with Gasteiger partial charge in [0.25, 0.3) is 0 Å². The van der Waals surface area contributed by atoms with Gasteiger partial charge >= 0.3 is 16.3 Å². The minimum Gasteiger partial charge on any atom is -0.497 e. The van der Waals surface area contributed by atoms with Crippen molar-refractivity contribution in [3.63, 3.8) is 0 Å². The Hall–Kier alpha value is -3.83. The Kier molecular flexibility index (Phi) is 11.6. The van der Waals surface area contributed by atoms with Gasteiger partial charge in [0.2, 0.25) is 17.7 Å². The first kappa shape index (κ1) is 41.8. The van der Waals surface area contributed by atoms with E-state index in [1.54, 1.807) is 59.2 Å². The van der Waals surface area contributed by atoms with Crippen molar-refractivity contribution in [1.29, 1.82) is 0 Å². The highest BCUT2D eigenvalue weighted by Gasteiger charge is 2.62. The molecule has 1 N–H and O–H groups in total. The summed E-state index contributed by atoms with van der Waals surface area (Å²) in [7, 11) is -6.20. The van der Waals surface area contributed by atoms with Crippen LogP contribution in [0.25, 0.3) is 10.8 Å². The van der Waals surface area contributed by atoms with Gasteiger partial charge in [-0.25, -0.2) is 22.3 Å². The average Bonchev–Trinajstić information content (AvgIpc) is 3.98. The summed E-state index contributed by atoms with van der Waals surface area (Å²) < 4.78 is 75.2. The van der Waals surface area contributed by atoms with Crippen molar-refractivity contribution in [2.24, 2.45) is 23.2 Å². The lowest BCUT2D eigenvalue weighted by Gasteiger charge is -2.34. The third-order valence-electron chi connectivity index (χ3n) is 11.6. The highest BCUT2D eigenvalue weighted by Crippen LogP contribution is 2.58. The van der Waals surface area contributed by atoms with Crippen molar-refractivity contribution >= 4 is 54.5 Å². The zero-order valence-corrected chi connectivity index (χ0v) is 34.5. The van der Waals surface area contributed by atoms with Gasteiger partial charge in [-0.1, -0.05) is 13.3 Å². The Balaban J connectivity index is 1.30. The maximum absolute atomic E-state index is 14.8. The summed E-state index contributed by atoms with van der Waals surface area (Å²) in [5.41, 5.74) is -3.04. The van der Waals surface area contributed by atoms with Gasteiger partial charge in [0.15, 0.2) is 5.78 Å². The lowest BCUT2D eigenvalue weighted by Crippen LogP contribution is -2.48. The summed E-state index contributed by atoms with van der Waals surface area (Å²) in [6.07, 6.45) is 2.39. The van der Waals surface area contributed by atoms with Crippen LogP contribution in [0, 0.1) is 23.2 Å². The minimum atomic E-state index is -4.45. The van der Waals surface area contributed by atoms with Gasteiger partial charge in [-0.2, -0.15) is 8.42 Å². The molecule has 2 saturated heterocycles. The summed E-state index contributed by atoms with van der Waals surface area (Å²) in [4.78, 5) is 62.2. The molecule has 1 aromatic heterocycles. The lowest BCUT2D eigenvalue weighted by atomic mass is 9.83. The summed E-state index contributed by atoms with van der Waals surface area (Å²) in [6, 6.07) is 6.09. The zero-order chi connectivity index (χ0) is 40.8. The fraction of sp³-hybridized carbons (Fsp3) is 0.667. The fourth-order valence-electron chi connectivity index (χ4n) is 8.16. The molecular formula is C39H53N3O12S2. The normalized spacial score (nSPS) is 26.2. The number of hydrogen-bond acceptors (Lipinski definition) is 13. The van der Waals surface area contributed by atoms with E-state index in [9.17, 15) is 36.0 Å². The molecule has 0 bridgehead atoms. The van der Waals surface area contributed by atoms with E-state index in [1.165, 1.54) is 4.90 Å². The second-order valence-electron chi connectivity index (χ2n) is 17.1. The Morgan fingerprint density at radius 1 is 1.09 bits per heavy atom. The maximum Gasteiger partial charge on any atom is 0.362 e. The van der Waals surface area contributed by atoms with Crippen LogP contribution in [-0.4, -0.2) is 98.8 Å². The lowest BCUT2D eigenvalue weighted by molar-refractivity contribution is -0.160. The molecule has 2 aliphatic heterocycles. The number of aromatic nitrogens is 1. The number of ether oxygens (including phenoxy) is 3. The molecular weight excluding hydrogens is 767 g/mol. The van der Waals surface area contributed by atoms with Crippen LogP contribution in [0.1, 0.15) is 92.4 Å². The van der Waals surface area contributed by atoms with Crippen LogP contribution in [0.3, 0.4) is 0 Å². The van der Waals surface area contributed by atoms with Gasteiger partial charge in [0.1, 0.15) is 27.3 Å². The molecule has 56 heavy (non-hydrogen) atoms. The number of methoxy groups -OCH3 is 1. The van der Waals surface area contributed by atoms with E-state index in [2.05, 4.69) is 9.71 Å². The van der Waals surface area contributed by atoms with Gasteiger partial charge in [0, 0.05) is 24.4 Å². The Morgan fingerprint density at radius 2 is 1.79 bits per heavy atom. The number of fused-ring (bicyclic) bond motifs is 1. The van der Waals surface area contributed by atoms with Crippen LogP contribution in [0.5, 0.6) is 11.6 Å². The van der Waals surface area contributed by atoms with Crippen molar-refractivity contribution < 1.29 is 54.4 Å². The van der Waals surface area contributed by atoms with Crippen molar-refractivity contribution in [2.45, 2.75) is 116 Å². The molecule has 5 atom stereocenters. The molecule has 0 radical (unpaired) electrons. The molecule has 4 aliphatic rings. The summed E-state index contributed by atoms with van der Waals surface area (Å²) in [5.74, 6) is -3.55. The number of sulfone groups is 1. The van der Waals surface area contributed by atoms with Gasteiger partial charge in [-0.15, -0.1) is 0 Å². The quantitative estimate of drug-likeness (QED) is 0.252. The number of amides is 2. The second kappa shape index (κ2) is 15.5. The number of pyridine rings is 1. The number of rotatable bonds is 15. The Labute approximate surface area is 328 Å². The minimum absolute atomic E-state index is 0.0330. The van der Waals surface area contributed by atoms with Crippen LogP contribution < -0.4 is 14.2 Å². The monoisotopic (exact) mass is 819 g/mol. The van der Waals surface area contributed by atoms with E-state index in [0.717, 1.165) is 5.39 Å². The molecule has 0 spiro atoms. The topological polar surface area (TPSA) is 202 Å². The van der Waals surface area contributed by atoms with Crippen molar-refractivity contribution in [2.75, 3.05) is 25.2 Å². The van der Waals surface area contributed by atoms with E-state index in [-0.39, 0.29) is 68.4 Å². The van der Waals surface area contributed by atoms with Gasteiger partial charge in [-0.3, -0.25) is 19.2 Å². The molecule has 0 unspecified atom stereocenters. The summed E-state index contributed by atoms with van der Waals surface area (Å²) in [5, 5.41) is 1.47. The van der Waals surface area contributed by atoms with Crippen molar-refractivity contribution in [3.05, 3.63) is 30.5 Å². The maximum atomic E-state index is 14.8. The number of hydrogen-bond donors (Lipinski definition) is 1. The van der Waals surface area contributed by atoms with E-state index in [4.69, 9.17) is 18.4 Å². The first-order valence-corrected chi connectivity index (χ1v) is 22.5. The number of likely N-dealkylation sites (tertiary alicyclic amines) is 1. The first-order chi connectivity index (χ1) is 26.2. The van der Waals surface area contributed by atoms with Crippen LogP contribution in [0.15, 0.2) is 30.5 Å². The van der Waals surface area contributed by atoms with E-state index in [0.29, 0.717) is 30.4 Å². The molecule has 6 rings (SSSR count). The molecule has 2 saturated carbocycles. The third kappa shape index (κ3) is 9.64. The highest BCUT2D eigenvalue weighted by atomic mass is 32.2. The largest absolute Gasteiger partial charge is 0.497 e. The van der Waals surface area contributed by atoms with Crippen molar-refractivity contribution in [1.82, 2.24) is 14.6 Å². The number of benzene rings is 1. The standard InChI is InChI=1S/C39H53N3O12S2/c1-7-26-21-39(26,36(46)41-56(49,50)54-38(5)13-14-38)22-32(43)31-19-28(52-34-29-9-8-27(51-6)18-25(29)10-15-40-34)23-42(31)35(45)30(20-33(44)53-37(2,3)4)24-11-16-55(47,48)17-12-24/h8-10,15,18,24,26,28,30-31H,7,11-14,16-17,19-23H2,1-6H3,(H,41,46)/t26-,28-,30-,31+,39-/m1/s1. The summed E-state index contributed by atoms with van der Waals surface area (Å²) in [6.45, 7) is 8.56. The molecule has 15 nitrogen and oxygen atoms in total. The van der Waals surface area contributed by atoms with Crippen LogP contribution in [0.4, 0.5) is 0 Å². The van der Waals surface area contributed by atoms with E-state index < -0.39 is 84.3 Å². The molecule has 2 amide bonds. The fourth-order valence-corrected chi connectivity index (χ4v) is 10.9. The number of Topliss-reactive ketones (excluding diaryl/α,β-unsaturated/α-hetero) is 1. The average molecular weight is 820 g/mol. The molecule has 2 aromatic rings. The van der Waals surface area contributed by atoms with Crippen LogP contribution in [0.2, 0.25) is 0 Å². The molecule has 2 aliphatic carbocycles. The van der Waals surface area contributed by atoms with Crippen LogP contribution in [-0.2, 0) is 48.2 Å². The summed E-state index contributed by atoms with van der Waals surface area (Å²) >= 11 is 0. The number of esters is 1. The van der Waals surface area contributed by atoms with E-state index >= 15 is 0 Å². The SMILES string of the molecule is CC[C@@H]1C[C@]1(CC(=O)[C@@H]1C[C@@H](Oc2nccc3cc(OC)ccc23)CN1C(=O)[C@H](CC(=O)OC(C)(C)C)C1CCS(=O)(=O)CC1)C(=O)NS(=O)(=O)OC1(C)CC1. The number of carbonyl (C=O) groups is 4. The van der Waals surface area contributed by atoms with Gasteiger partial charge in [0.05, 0.1) is 54.6 Å². The molecule has 3 heterocycles. The predicted octanol–water partition coefficient (Wildman–Crippen LogP) is 4.07. The molecule has 4 fully saturated rings.